The van der Waals surface area contributed by atoms with Crippen LogP contribution in [0.1, 0.15) is 82.3 Å². The minimum atomic E-state index is -0.968. The summed E-state index contributed by atoms with van der Waals surface area (Å²) in [5.74, 6) is -1.33. The fourth-order valence-electron chi connectivity index (χ4n) is 6.82. The van der Waals surface area contributed by atoms with E-state index in [4.69, 9.17) is 14.3 Å². The van der Waals surface area contributed by atoms with Crippen LogP contribution in [0.3, 0.4) is 0 Å². The molecule has 2 heterocycles. The number of hydrogen-bond donors (Lipinski definition) is 0. The minimum absolute atomic E-state index is 0.0109. The Bertz CT molecular complexity index is 1080. The van der Waals surface area contributed by atoms with Crippen LogP contribution < -0.4 is 0 Å². The molecule has 2 saturated carbocycles. The van der Waals surface area contributed by atoms with E-state index in [1.165, 1.54) is 30.9 Å². The fourth-order valence-corrected chi connectivity index (χ4v) is 6.82. The van der Waals surface area contributed by atoms with Crippen molar-refractivity contribution in [3.8, 4) is 0 Å². The molecule has 0 aromatic heterocycles. The van der Waals surface area contributed by atoms with Gasteiger partial charge in [0, 0.05) is 44.4 Å². The predicted octanol–water partition coefficient (Wildman–Crippen LogP) is 5.74. The molecule has 192 valence electrons. The molecule has 6 rings (SSSR count). The van der Waals surface area contributed by atoms with E-state index in [9.17, 15) is 9.59 Å². The maximum Gasteiger partial charge on any atom is 0.302 e. The van der Waals surface area contributed by atoms with Gasteiger partial charge >= 0.3 is 5.97 Å². The first-order valence-electron chi connectivity index (χ1n) is 13.2. The van der Waals surface area contributed by atoms with Gasteiger partial charge in [-0.25, -0.2) is 9.90 Å². The van der Waals surface area contributed by atoms with Crippen LogP contribution in [0.2, 0.25) is 0 Å². The number of amides is 1. The summed E-state index contributed by atoms with van der Waals surface area (Å²) in [6.07, 6.45) is 5.51. The molecule has 6 atom stereocenters. The second-order valence-electron chi connectivity index (χ2n) is 10.9. The number of carbonyl (C=O) groups is 2. The molecule has 2 aromatic carbocycles. The zero-order valence-corrected chi connectivity index (χ0v) is 21.5. The first-order chi connectivity index (χ1) is 17.3. The van der Waals surface area contributed by atoms with Crippen LogP contribution >= 0.6 is 0 Å². The molecule has 0 spiro atoms. The zero-order chi connectivity index (χ0) is 25.3. The van der Waals surface area contributed by atoms with E-state index in [0.717, 1.165) is 24.8 Å². The van der Waals surface area contributed by atoms with Gasteiger partial charge in [0.1, 0.15) is 0 Å². The smallest absolute Gasteiger partial charge is 0.302 e. The molecule has 4 aliphatic rings. The standard InChI is InChI=1S/C30H37NO5/c1-21(32)31-29(3)25(20-34-22(2)33)18-30(36-31,19-27(29)24-14-8-5-9-15-24)35-28-17-11-10-16-26(28)23-12-6-4-7-13-23/h4-9,12-15,25-28H,10-11,16-20H2,1-3H3. The summed E-state index contributed by atoms with van der Waals surface area (Å²) in [5, 5.41) is 1.53. The van der Waals surface area contributed by atoms with Gasteiger partial charge in [0.2, 0.25) is 5.91 Å². The lowest BCUT2D eigenvalue weighted by Crippen LogP contribution is -2.72. The Kier molecular flexibility index (Phi) is 6.92. The van der Waals surface area contributed by atoms with Gasteiger partial charge < -0.3 is 9.47 Å². The maximum absolute atomic E-state index is 13.0. The second kappa shape index (κ2) is 9.98. The average molecular weight is 492 g/mol. The van der Waals surface area contributed by atoms with Crippen molar-refractivity contribution >= 4 is 11.9 Å². The molecule has 2 aliphatic carbocycles. The van der Waals surface area contributed by atoms with E-state index in [0.29, 0.717) is 12.8 Å². The van der Waals surface area contributed by atoms with Gasteiger partial charge in [-0.3, -0.25) is 9.59 Å². The fraction of sp³-hybridized carbons (Fsp3) is 0.533. The second-order valence-corrected chi connectivity index (χ2v) is 10.9. The highest BCUT2D eigenvalue weighted by Gasteiger charge is 2.65. The van der Waals surface area contributed by atoms with Gasteiger partial charge in [0.15, 0.2) is 5.79 Å². The third kappa shape index (κ3) is 4.57. The number of nitrogens with zero attached hydrogens (tertiary/aromatic N) is 1. The number of benzene rings is 2. The van der Waals surface area contributed by atoms with Crippen LogP contribution in [-0.2, 0) is 23.9 Å². The number of hydrogen-bond acceptors (Lipinski definition) is 5. The Morgan fingerprint density at radius 2 is 1.58 bits per heavy atom. The molecule has 6 heteroatoms. The molecule has 2 saturated heterocycles. The molecule has 0 N–H and O–H groups in total. The van der Waals surface area contributed by atoms with E-state index in [-0.39, 0.29) is 42.3 Å². The number of rotatable bonds is 6. The number of ether oxygens (including phenoxy) is 2. The van der Waals surface area contributed by atoms with E-state index in [2.05, 4.69) is 43.3 Å². The molecule has 2 bridgehead atoms. The van der Waals surface area contributed by atoms with Gasteiger partial charge in [-0.2, -0.15) is 0 Å². The van der Waals surface area contributed by atoms with Gasteiger partial charge in [-0.05, 0) is 30.9 Å². The molecule has 6 nitrogen and oxygen atoms in total. The quantitative estimate of drug-likeness (QED) is 0.483. The Hall–Kier alpha value is -2.70. The summed E-state index contributed by atoms with van der Waals surface area (Å²) in [6.45, 7) is 5.25. The lowest BCUT2D eigenvalue weighted by molar-refractivity contribution is -0.438. The van der Waals surface area contributed by atoms with Crippen molar-refractivity contribution in [1.29, 1.82) is 0 Å². The zero-order valence-electron chi connectivity index (χ0n) is 21.5. The number of carbonyl (C=O) groups excluding carboxylic acids is 2. The van der Waals surface area contributed by atoms with E-state index < -0.39 is 11.3 Å². The van der Waals surface area contributed by atoms with Gasteiger partial charge in [-0.1, -0.05) is 73.5 Å². The van der Waals surface area contributed by atoms with Crippen molar-refractivity contribution in [2.75, 3.05) is 6.61 Å². The molecule has 6 unspecified atom stereocenters. The SMILES string of the molecule is CC(=O)OCC1CC2(OC3CCCCC3c3ccccc3)CC(c3ccccc3)C1(C)N(C(C)=O)O2. The van der Waals surface area contributed by atoms with E-state index in [1.807, 2.05) is 24.3 Å². The summed E-state index contributed by atoms with van der Waals surface area (Å²) in [4.78, 5) is 31.3. The van der Waals surface area contributed by atoms with Crippen molar-refractivity contribution in [3.05, 3.63) is 71.8 Å². The Labute approximate surface area is 213 Å². The molecule has 4 fully saturated rings. The Morgan fingerprint density at radius 3 is 2.22 bits per heavy atom. The Morgan fingerprint density at radius 1 is 0.944 bits per heavy atom. The number of hydroxylamine groups is 2. The van der Waals surface area contributed by atoms with Crippen molar-refractivity contribution in [2.24, 2.45) is 5.92 Å². The summed E-state index contributed by atoms with van der Waals surface area (Å²) < 4.78 is 12.6. The maximum atomic E-state index is 13.0. The third-order valence-electron chi connectivity index (χ3n) is 8.57. The van der Waals surface area contributed by atoms with Crippen molar-refractivity contribution in [3.63, 3.8) is 0 Å². The van der Waals surface area contributed by atoms with Crippen LogP contribution in [0.5, 0.6) is 0 Å². The molecule has 1 amide bonds. The molecule has 2 aromatic rings. The van der Waals surface area contributed by atoms with Crippen molar-refractivity contribution < 1.29 is 23.9 Å². The summed E-state index contributed by atoms with van der Waals surface area (Å²) in [6, 6.07) is 20.9. The molecule has 0 radical (unpaired) electrons. The predicted molar refractivity (Wildman–Crippen MR) is 136 cm³/mol. The van der Waals surface area contributed by atoms with Crippen LogP contribution in [0.25, 0.3) is 0 Å². The third-order valence-corrected chi connectivity index (χ3v) is 8.57. The molecule has 2 aliphatic heterocycles. The van der Waals surface area contributed by atoms with E-state index in [1.54, 1.807) is 0 Å². The van der Waals surface area contributed by atoms with E-state index >= 15 is 0 Å². The van der Waals surface area contributed by atoms with Gasteiger partial charge in [0.05, 0.1) is 18.2 Å². The van der Waals surface area contributed by atoms with Crippen molar-refractivity contribution in [2.45, 2.75) is 88.6 Å². The first-order valence-corrected chi connectivity index (χ1v) is 13.2. The van der Waals surface area contributed by atoms with Crippen LogP contribution in [0.4, 0.5) is 0 Å². The van der Waals surface area contributed by atoms with Gasteiger partial charge in [-0.15, -0.1) is 0 Å². The number of esters is 1. The highest BCUT2D eigenvalue weighted by atomic mass is 16.8. The number of fused-ring (bicyclic) bond motifs is 3. The van der Waals surface area contributed by atoms with Crippen LogP contribution in [0.15, 0.2) is 60.7 Å². The first kappa shape index (κ1) is 25.0. The van der Waals surface area contributed by atoms with Crippen molar-refractivity contribution in [1.82, 2.24) is 5.06 Å². The molecular weight excluding hydrogens is 454 g/mol. The topological polar surface area (TPSA) is 65.1 Å². The lowest BCUT2D eigenvalue weighted by atomic mass is 9.61. The molecular formula is C30H37NO5. The average Bonchev–Trinajstić information content (AvgIpc) is 2.89. The highest BCUT2D eigenvalue weighted by Crippen LogP contribution is 2.59. The lowest BCUT2D eigenvalue weighted by Gasteiger charge is -2.64. The largest absolute Gasteiger partial charge is 0.465 e. The van der Waals surface area contributed by atoms with Crippen LogP contribution in [-0.4, -0.2) is 41.0 Å². The summed E-state index contributed by atoms with van der Waals surface area (Å²) in [7, 11) is 0. The van der Waals surface area contributed by atoms with Crippen LogP contribution in [0, 0.1) is 5.92 Å². The van der Waals surface area contributed by atoms with Gasteiger partial charge in [0.25, 0.3) is 0 Å². The molecule has 36 heavy (non-hydrogen) atoms. The monoisotopic (exact) mass is 491 g/mol. The summed E-state index contributed by atoms with van der Waals surface area (Å²) in [5.41, 5.74) is 1.76. The summed E-state index contributed by atoms with van der Waals surface area (Å²) >= 11 is 0. The normalized spacial score (nSPS) is 33.8. The highest BCUT2D eigenvalue weighted by molar-refractivity contribution is 5.73. The minimum Gasteiger partial charge on any atom is -0.465 e. The Balaban J connectivity index is 1.53.